The lowest BCUT2D eigenvalue weighted by Crippen LogP contribution is -2.06. The third-order valence-electron chi connectivity index (χ3n) is 2.65. The third-order valence-corrected chi connectivity index (χ3v) is 2.65. The van der Waals surface area contributed by atoms with E-state index in [9.17, 15) is 9.18 Å². The fraction of sp³-hybridized carbons (Fsp3) is 0.214. The van der Waals surface area contributed by atoms with Gasteiger partial charge in [-0.25, -0.2) is 4.79 Å². The van der Waals surface area contributed by atoms with Crippen LogP contribution in [0.2, 0.25) is 0 Å². The molecule has 0 N–H and O–H groups in total. The smallest absolute Gasteiger partial charge is 0.341 e. The van der Waals surface area contributed by atoms with Gasteiger partial charge in [0.15, 0.2) is 0 Å². The topological polar surface area (TPSA) is 79.8 Å². The molecule has 1 heterocycles. The van der Waals surface area contributed by atoms with Gasteiger partial charge in [-0.2, -0.15) is 14.4 Å². The molecule has 0 aliphatic heterocycles. The number of nitrogens with zero attached hydrogens (tertiary/aromatic N) is 2. The van der Waals surface area contributed by atoms with E-state index in [0.717, 1.165) is 0 Å². The average Bonchev–Trinajstić information content (AvgIpc) is 2.56. The third kappa shape index (κ3) is 3.05. The van der Waals surface area contributed by atoms with Crippen molar-refractivity contribution in [1.82, 2.24) is 9.97 Å². The highest BCUT2D eigenvalue weighted by Crippen LogP contribution is 2.29. The second-order valence-electron chi connectivity index (χ2n) is 3.93. The van der Waals surface area contributed by atoms with Crippen LogP contribution in [0.1, 0.15) is 10.4 Å². The van der Waals surface area contributed by atoms with Crippen LogP contribution in [-0.2, 0) is 4.74 Å². The summed E-state index contributed by atoms with van der Waals surface area (Å²) in [7, 11) is 3.74. The molecule has 1 aromatic carbocycles. The number of methoxy groups -OCH3 is 3. The highest BCUT2D eigenvalue weighted by atomic mass is 19.1. The maximum atomic E-state index is 13.7. The summed E-state index contributed by atoms with van der Waals surface area (Å²) in [5.74, 6) is -1.95. The molecule has 0 aliphatic carbocycles. The van der Waals surface area contributed by atoms with Crippen LogP contribution in [0.5, 0.6) is 23.5 Å². The largest absolute Gasteiger partial charge is 0.479 e. The Kier molecular flexibility index (Phi) is 4.72. The fourth-order valence-corrected chi connectivity index (χ4v) is 1.64. The predicted molar refractivity (Wildman–Crippen MR) is 72.9 cm³/mol. The van der Waals surface area contributed by atoms with Crippen molar-refractivity contribution in [3.8, 4) is 23.5 Å². The molecule has 0 saturated carbocycles. The Labute approximate surface area is 125 Å². The number of rotatable bonds is 5. The molecule has 0 radical (unpaired) electrons. The van der Waals surface area contributed by atoms with Crippen LogP contribution in [0, 0.1) is 5.82 Å². The van der Waals surface area contributed by atoms with E-state index in [-0.39, 0.29) is 29.1 Å². The van der Waals surface area contributed by atoms with Gasteiger partial charge in [0, 0.05) is 0 Å². The highest BCUT2D eigenvalue weighted by Gasteiger charge is 2.19. The summed E-state index contributed by atoms with van der Waals surface area (Å²) in [6, 6.07) is 6.11. The molecule has 8 heteroatoms. The van der Waals surface area contributed by atoms with Gasteiger partial charge >= 0.3 is 12.0 Å². The predicted octanol–water partition coefficient (Wildman–Crippen LogP) is 2.21. The Hall–Kier alpha value is -2.90. The summed E-state index contributed by atoms with van der Waals surface area (Å²) in [6.45, 7) is 0. The Balaban J connectivity index is 2.41. The molecule has 2 rings (SSSR count). The van der Waals surface area contributed by atoms with Crippen LogP contribution in [0.15, 0.2) is 24.3 Å². The first-order valence-electron chi connectivity index (χ1n) is 6.11. The number of carbonyl (C=O) groups excluding carboxylic acids is 1. The van der Waals surface area contributed by atoms with E-state index in [1.54, 1.807) is 12.1 Å². The second kappa shape index (κ2) is 6.70. The molecule has 0 bridgehead atoms. The maximum absolute atomic E-state index is 13.7. The van der Waals surface area contributed by atoms with Gasteiger partial charge in [-0.15, -0.1) is 0 Å². The first-order valence-corrected chi connectivity index (χ1v) is 6.11. The van der Waals surface area contributed by atoms with E-state index in [0.29, 0.717) is 0 Å². The van der Waals surface area contributed by atoms with Crippen molar-refractivity contribution in [1.29, 1.82) is 0 Å². The number of halogens is 1. The standard InChI is InChI=1S/C14H13FN2O5/c1-19-11-10(15)12(20-2)17-14(16-11)22-9-7-5-4-6-8(9)13(18)21-3/h4-7H,1-3H3. The summed E-state index contributed by atoms with van der Waals surface area (Å²) < 4.78 is 33.4. The maximum Gasteiger partial charge on any atom is 0.341 e. The van der Waals surface area contributed by atoms with E-state index in [1.807, 2.05) is 0 Å². The van der Waals surface area contributed by atoms with E-state index >= 15 is 0 Å². The van der Waals surface area contributed by atoms with Crippen molar-refractivity contribution in [3.05, 3.63) is 35.6 Å². The van der Waals surface area contributed by atoms with Crippen molar-refractivity contribution >= 4 is 5.97 Å². The first-order chi connectivity index (χ1) is 10.6. The van der Waals surface area contributed by atoms with Gasteiger partial charge in [-0.05, 0) is 12.1 Å². The van der Waals surface area contributed by atoms with Gasteiger partial charge < -0.3 is 18.9 Å². The molecular formula is C14H13FN2O5. The molecule has 1 aromatic heterocycles. The molecule has 0 spiro atoms. The van der Waals surface area contributed by atoms with Gasteiger partial charge in [0.2, 0.25) is 5.82 Å². The lowest BCUT2D eigenvalue weighted by atomic mass is 10.2. The number of carbonyl (C=O) groups is 1. The van der Waals surface area contributed by atoms with Gasteiger partial charge in [-0.1, -0.05) is 12.1 Å². The Bertz CT molecular complexity index is 668. The van der Waals surface area contributed by atoms with E-state index in [2.05, 4.69) is 14.7 Å². The minimum absolute atomic E-state index is 0.157. The van der Waals surface area contributed by atoms with Crippen LogP contribution in [0.3, 0.4) is 0 Å². The zero-order valence-corrected chi connectivity index (χ0v) is 12.1. The normalized spacial score (nSPS) is 10.0. The van der Waals surface area contributed by atoms with Gasteiger partial charge in [0.05, 0.1) is 21.3 Å². The van der Waals surface area contributed by atoms with E-state index in [1.165, 1.54) is 33.5 Å². The first kappa shape index (κ1) is 15.5. The SMILES string of the molecule is COC(=O)c1ccccc1Oc1nc(OC)c(F)c(OC)n1. The fourth-order valence-electron chi connectivity index (χ4n) is 1.64. The van der Waals surface area contributed by atoms with Crippen LogP contribution >= 0.6 is 0 Å². The number of hydrogen-bond donors (Lipinski definition) is 0. The van der Waals surface area contributed by atoms with Crippen LogP contribution in [0.4, 0.5) is 4.39 Å². The molecule has 0 atom stereocenters. The van der Waals surface area contributed by atoms with Crippen molar-refractivity contribution in [2.75, 3.05) is 21.3 Å². The van der Waals surface area contributed by atoms with Crippen molar-refractivity contribution < 1.29 is 28.1 Å². The van der Waals surface area contributed by atoms with Crippen molar-refractivity contribution in [3.63, 3.8) is 0 Å². The Morgan fingerprint density at radius 2 is 1.64 bits per heavy atom. The second-order valence-corrected chi connectivity index (χ2v) is 3.93. The van der Waals surface area contributed by atoms with Crippen molar-refractivity contribution in [2.24, 2.45) is 0 Å². The number of hydrogen-bond acceptors (Lipinski definition) is 7. The zero-order valence-electron chi connectivity index (χ0n) is 12.1. The number of benzene rings is 1. The van der Waals surface area contributed by atoms with Gasteiger partial charge in [0.1, 0.15) is 11.3 Å². The van der Waals surface area contributed by atoms with Gasteiger partial charge in [0.25, 0.3) is 11.8 Å². The molecule has 0 aliphatic rings. The number of para-hydroxylation sites is 1. The number of esters is 1. The minimum atomic E-state index is -0.849. The lowest BCUT2D eigenvalue weighted by Gasteiger charge is -2.10. The summed E-state index contributed by atoms with van der Waals surface area (Å²) in [5.41, 5.74) is 0.177. The highest BCUT2D eigenvalue weighted by molar-refractivity contribution is 5.92. The molecule has 0 saturated heterocycles. The van der Waals surface area contributed by atoms with Gasteiger partial charge in [-0.3, -0.25) is 0 Å². The zero-order chi connectivity index (χ0) is 16.1. The Morgan fingerprint density at radius 1 is 1.05 bits per heavy atom. The molecule has 0 unspecified atom stereocenters. The summed E-state index contributed by atoms with van der Waals surface area (Å²) >= 11 is 0. The number of aromatic nitrogens is 2. The lowest BCUT2D eigenvalue weighted by molar-refractivity contribution is 0.0597. The molecule has 0 amide bonds. The Morgan fingerprint density at radius 3 is 2.18 bits per heavy atom. The van der Waals surface area contributed by atoms with E-state index < -0.39 is 11.8 Å². The summed E-state index contributed by atoms with van der Waals surface area (Å²) in [5, 5.41) is 0. The summed E-state index contributed by atoms with van der Waals surface area (Å²) in [4.78, 5) is 19.2. The average molecular weight is 308 g/mol. The molecule has 116 valence electrons. The molecule has 22 heavy (non-hydrogen) atoms. The molecule has 0 fully saturated rings. The van der Waals surface area contributed by atoms with E-state index in [4.69, 9.17) is 14.2 Å². The summed E-state index contributed by atoms with van der Waals surface area (Å²) in [6.07, 6.45) is 0. The molecular weight excluding hydrogens is 295 g/mol. The minimum Gasteiger partial charge on any atom is -0.479 e. The monoisotopic (exact) mass is 308 g/mol. The number of ether oxygens (including phenoxy) is 4. The quantitative estimate of drug-likeness (QED) is 0.783. The molecule has 2 aromatic rings. The molecule has 7 nitrogen and oxygen atoms in total. The van der Waals surface area contributed by atoms with Crippen LogP contribution in [-0.4, -0.2) is 37.3 Å². The van der Waals surface area contributed by atoms with Crippen molar-refractivity contribution in [2.45, 2.75) is 0 Å². The van der Waals surface area contributed by atoms with Crippen LogP contribution < -0.4 is 14.2 Å². The van der Waals surface area contributed by atoms with Crippen LogP contribution in [0.25, 0.3) is 0 Å².